The Hall–Kier alpha value is -4.26. The Morgan fingerprint density at radius 3 is 2.22 bits per heavy atom. The number of amides is 7. The van der Waals surface area contributed by atoms with E-state index in [1.165, 1.54) is 22.9 Å². The molecule has 3 aliphatic carbocycles. The van der Waals surface area contributed by atoms with Crippen molar-refractivity contribution in [2.45, 2.75) is 159 Å². The molecule has 3 heterocycles. The molecule has 0 aromatic heterocycles. The predicted octanol–water partition coefficient (Wildman–Crippen LogP) is 5.31. The van der Waals surface area contributed by atoms with Crippen molar-refractivity contribution < 1.29 is 55.5 Å². The number of halogens is 7. The molecule has 0 radical (unpaired) electrons. The third-order valence-corrected chi connectivity index (χ3v) is 15.2. The normalized spacial score (nSPS) is 29.0. The first-order chi connectivity index (χ1) is 32.1. The number of likely N-dealkylation sites (N-methyl/N-ethyl adjacent to an activating group) is 1. The van der Waals surface area contributed by atoms with Crippen LogP contribution in [0, 0.1) is 23.2 Å². The third kappa shape index (κ3) is 11.3. The summed E-state index contributed by atoms with van der Waals surface area (Å²) in [6.45, 7) is 2.78. The van der Waals surface area contributed by atoms with Crippen LogP contribution in [0.25, 0.3) is 0 Å². The van der Waals surface area contributed by atoms with Gasteiger partial charge in [-0.3, -0.25) is 33.6 Å². The average molecular weight is 1000 g/mol. The van der Waals surface area contributed by atoms with Gasteiger partial charge in [-0.25, -0.2) is 8.78 Å². The Labute approximate surface area is 403 Å². The number of fused-ring (bicyclic) bond motifs is 1. The van der Waals surface area contributed by atoms with Gasteiger partial charge in [-0.05, 0) is 106 Å². The van der Waals surface area contributed by atoms with E-state index in [1.54, 1.807) is 12.1 Å². The van der Waals surface area contributed by atoms with E-state index in [4.69, 9.17) is 23.2 Å². The zero-order valence-electron chi connectivity index (χ0n) is 38.6. The molecule has 1 aromatic rings. The van der Waals surface area contributed by atoms with Gasteiger partial charge >= 0.3 is 6.18 Å². The van der Waals surface area contributed by atoms with Crippen LogP contribution >= 0.6 is 23.2 Å². The molecule has 3 saturated heterocycles. The standard InChI is InChI=1S/C47H62Cl2F5N7O7/c1-25(2)17-33-42(65)58(3)37(19-28-18-29(48)12-13-32(28)49)43(66)60-23-30(50)20-35(60)39(62)55-16-5-4-7-34(40(63)56-33)59(22-26-8-9-26)44(67)38(27-10-11-27)57-41(64)36-21-31(51)24-61(36)45(68)46(14-6-15-46)47(52,53)54/h12-13,18,25-27,30-31,33-38H,4-11,14-17,19-24H2,1-3H3,(H,55,62)(H,56,63)(H,57,64)/t30-,31-,33+,34+,35-,36+,37+,38+/m1/s1. The summed E-state index contributed by atoms with van der Waals surface area (Å²) in [5.41, 5.74) is -2.30. The number of carbonyl (C=O) groups excluding carboxylic acids is 7. The third-order valence-electron chi connectivity index (χ3n) is 14.6. The van der Waals surface area contributed by atoms with Gasteiger partial charge in [-0.2, -0.15) is 13.2 Å². The maximum absolute atomic E-state index is 15.2. The van der Waals surface area contributed by atoms with E-state index >= 15 is 13.6 Å². The topological polar surface area (TPSA) is 169 Å². The molecule has 14 nitrogen and oxygen atoms in total. The molecule has 3 aliphatic heterocycles. The minimum absolute atomic E-state index is 0.00349. The molecule has 1 aromatic carbocycles. The number of likely N-dealkylation sites (tertiary alicyclic amines) is 1. The molecule has 21 heteroatoms. The lowest BCUT2D eigenvalue weighted by Gasteiger charge is -2.44. The number of nitrogens with one attached hydrogen (secondary N) is 3. The van der Waals surface area contributed by atoms with Crippen molar-refractivity contribution in [2.24, 2.45) is 23.2 Å². The van der Waals surface area contributed by atoms with E-state index < -0.39 is 133 Å². The molecule has 0 bridgehead atoms. The highest BCUT2D eigenvalue weighted by molar-refractivity contribution is 6.33. The van der Waals surface area contributed by atoms with Gasteiger partial charge in [0.2, 0.25) is 41.4 Å². The van der Waals surface area contributed by atoms with E-state index in [1.807, 2.05) is 13.8 Å². The van der Waals surface area contributed by atoms with Crippen LogP contribution in [0.2, 0.25) is 10.0 Å². The summed E-state index contributed by atoms with van der Waals surface area (Å²) in [4.78, 5) is 105. The molecule has 376 valence electrons. The van der Waals surface area contributed by atoms with E-state index in [0.717, 1.165) is 17.7 Å². The Morgan fingerprint density at radius 2 is 1.60 bits per heavy atom. The van der Waals surface area contributed by atoms with Gasteiger partial charge in [0.05, 0.1) is 13.1 Å². The first-order valence-electron chi connectivity index (χ1n) is 24.0. The first-order valence-corrected chi connectivity index (χ1v) is 24.7. The zero-order chi connectivity index (χ0) is 49.4. The van der Waals surface area contributed by atoms with Crippen LogP contribution in [0.4, 0.5) is 22.0 Å². The smallest absolute Gasteiger partial charge is 0.354 e. The minimum atomic E-state index is -4.90. The quantitative estimate of drug-likeness (QED) is 0.239. The fraction of sp³-hybridized carbons (Fsp3) is 0.723. The lowest BCUT2D eigenvalue weighted by atomic mass is 9.67. The maximum Gasteiger partial charge on any atom is 0.403 e. The van der Waals surface area contributed by atoms with Crippen LogP contribution in [0.5, 0.6) is 0 Å². The van der Waals surface area contributed by atoms with Crippen molar-refractivity contribution >= 4 is 64.6 Å². The summed E-state index contributed by atoms with van der Waals surface area (Å²) in [6.07, 6.45) is -6.76. The fourth-order valence-electron chi connectivity index (χ4n) is 10.2. The fourth-order valence-corrected chi connectivity index (χ4v) is 10.6. The van der Waals surface area contributed by atoms with Crippen molar-refractivity contribution in [3.8, 4) is 0 Å². The van der Waals surface area contributed by atoms with E-state index in [-0.39, 0.29) is 75.0 Å². The van der Waals surface area contributed by atoms with E-state index in [2.05, 4.69) is 16.0 Å². The number of nitrogens with zero attached hydrogens (tertiary/aromatic N) is 4. The number of rotatable bonds is 12. The van der Waals surface area contributed by atoms with Crippen molar-refractivity contribution in [2.75, 3.05) is 33.2 Å². The van der Waals surface area contributed by atoms with Gasteiger partial charge in [-0.1, -0.05) is 43.5 Å². The first kappa shape index (κ1) is 51.6. The van der Waals surface area contributed by atoms with Crippen molar-refractivity contribution in [3.63, 3.8) is 0 Å². The Morgan fingerprint density at radius 1 is 0.912 bits per heavy atom. The van der Waals surface area contributed by atoms with Crippen LogP contribution in [0.1, 0.15) is 103 Å². The van der Waals surface area contributed by atoms with Crippen LogP contribution in [-0.4, -0.2) is 149 Å². The lowest BCUT2D eigenvalue weighted by Crippen LogP contribution is -2.62. The average Bonchev–Trinajstić information content (AvgIpc) is 4.19. The monoisotopic (exact) mass is 1000 g/mol. The van der Waals surface area contributed by atoms with Crippen molar-refractivity contribution in [3.05, 3.63) is 33.8 Å². The van der Waals surface area contributed by atoms with Crippen LogP contribution in [0.3, 0.4) is 0 Å². The van der Waals surface area contributed by atoms with Gasteiger partial charge in [0.1, 0.15) is 54.0 Å². The maximum atomic E-state index is 15.2. The molecule has 68 heavy (non-hydrogen) atoms. The molecule has 8 atom stereocenters. The molecule has 0 spiro atoms. The Balaban J connectivity index is 1.19. The Bertz CT molecular complexity index is 2110. The number of carbonyl (C=O) groups is 7. The van der Waals surface area contributed by atoms with Crippen LogP contribution < -0.4 is 16.0 Å². The van der Waals surface area contributed by atoms with Gasteiger partial charge in [0, 0.05) is 49.4 Å². The zero-order valence-corrected chi connectivity index (χ0v) is 40.1. The molecule has 7 amide bonds. The van der Waals surface area contributed by atoms with Gasteiger partial charge in [-0.15, -0.1) is 0 Å². The number of hydrogen-bond acceptors (Lipinski definition) is 7. The van der Waals surface area contributed by atoms with Crippen molar-refractivity contribution in [1.82, 2.24) is 35.6 Å². The Kier molecular flexibility index (Phi) is 15.9. The second-order valence-electron chi connectivity index (χ2n) is 20.2. The van der Waals surface area contributed by atoms with E-state index in [9.17, 15) is 41.9 Å². The molecule has 7 rings (SSSR count). The highest BCUT2D eigenvalue weighted by Crippen LogP contribution is 2.55. The minimum Gasteiger partial charge on any atom is -0.354 e. The molecule has 0 unspecified atom stereocenters. The molecule has 3 N–H and O–H groups in total. The summed E-state index contributed by atoms with van der Waals surface area (Å²) in [6, 6.07) is -3.21. The second-order valence-corrected chi connectivity index (χ2v) is 21.1. The highest BCUT2D eigenvalue weighted by atomic mass is 35.5. The molecular weight excluding hydrogens is 940 g/mol. The number of benzene rings is 1. The van der Waals surface area contributed by atoms with Gasteiger partial charge < -0.3 is 35.6 Å². The SMILES string of the molecule is CC(C)C[C@@H]1NC(=O)[C@@H](N(CC2CC2)C(=O)[C@@H](NC(=O)[C@@H]2C[C@@H](F)CN2C(=O)C2(C(F)(F)F)CCC2)C2CC2)CCCCNC(=O)[C@H]2C[C@@H](F)CN2C(=O)[C@H](Cc2cc(Cl)ccc2Cl)N(C)C1=O. The van der Waals surface area contributed by atoms with Gasteiger partial charge in [0.15, 0.2) is 0 Å². The summed E-state index contributed by atoms with van der Waals surface area (Å²) in [5, 5.41) is 8.94. The number of hydrogen-bond donors (Lipinski definition) is 3. The molecule has 6 fully saturated rings. The molecule has 3 saturated carbocycles. The summed E-state index contributed by atoms with van der Waals surface area (Å²) in [7, 11) is 1.38. The number of alkyl halides is 5. The van der Waals surface area contributed by atoms with Crippen LogP contribution in [-0.2, 0) is 40.0 Å². The largest absolute Gasteiger partial charge is 0.403 e. The summed E-state index contributed by atoms with van der Waals surface area (Å²) >= 11 is 12.9. The second kappa shape index (κ2) is 21.0. The predicted molar refractivity (Wildman–Crippen MR) is 240 cm³/mol. The van der Waals surface area contributed by atoms with Crippen LogP contribution in [0.15, 0.2) is 18.2 Å². The van der Waals surface area contributed by atoms with Gasteiger partial charge in [0.25, 0.3) is 0 Å². The highest BCUT2D eigenvalue weighted by Gasteiger charge is 2.66. The van der Waals surface area contributed by atoms with E-state index in [0.29, 0.717) is 34.7 Å². The summed E-state index contributed by atoms with van der Waals surface area (Å²) in [5.74, 6) is -6.21. The lowest BCUT2D eigenvalue weighted by molar-refractivity contribution is -0.248. The van der Waals surface area contributed by atoms with Crippen molar-refractivity contribution in [1.29, 1.82) is 0 Å². The molecular formula is C47H62Cl2F5N7O7. The summed E-state index contributed by atoms with van der Waals surface area (Å²) < 4.78 is 73.0. The molecule has 6 aliphatic rings.